The number of rotatable bonds is 2. The van der Waals surface area contributed by atoms with E-state index < -0.39 is 0 Å². The number of fused-ring (bicyclic) bond motifs is 2. The van der Waals surface area contributed by atoms with Gasteiger partial charge in [0.1, 0.15) is 0 Å². The molecule has 2 atom stereocenters. The third-order valence-electron chi connectivity index (χ3n) is 3.62. The number of hydrogen-bond donors (Lipinski definition) is 3. The summed E-state index contributed by atoms with van der Waals surface area (Å²) in [7, 11) is 0. The lowest BCUT2D eigenvalue weighted by Gasteiger charge is -2.37. The molecule has 2 aliphatic heterocycles. The molecular weight excluding hydrogens is 220 g/mol. The first kappa shape index (κ1) is 12.3. The zero-order valence-corrected chi connectivity index (χ0v) is 10.1. The lowest BCUT2D eigenvalue weighted by molar-refractivity contribution is -0.129. The average molecular weight is 240 g/mol. The summed E-state index contributed by atoms with van der Waals surface area (Å²) < 4.78 is 0. The zero-order valence-electron chi connectivity index (χ0n) is 10.1. The lowest BCUT2D eigenvalue weighted by Crippen LogP contribution is -2.52. The number of nitrogens with two attached hydrogens (primary N) is 1. The molecule has 2 unspecified atom stereocenters. The Hall–Kier alpha value is -1.14. The van der Waals surface area contributed by atoms with Gasteiger partial charge in [-0.25, -0.2) is 0 Å². The van der Waals surface area contributed by atoms with Crippen molar-refractivity contribution in [2.45, 2.75) is 50.7 Å². The molecule has 2 fully saturated rings. The van der Waals surface area contributed by atoms with Crippen molar-refractivity contribution in [2.75, 3.05) is 6.54 Å². The van der Waals surface area contributed by atoms with Gasteiger partial charge in [0.2, 0.25) is 5.91 Å². The van der Waals surface area contributed by atoms with Crippen LogP contribution in [0.2, 0.25) is 0 Å². The zero-order chi connectivity index (χ0) is 12.4. The number of carbonyl (C=O) groups excluding carboxylic acids is 2. The van der Waals surface area contributed by atoms with Gasteiger partial charge in [-0.1, -0.05) is 0 Å². The van der Waals surface area contributed by atoms with Crippen LogP contribution in [0.1, 0.15) is 32.6 Å². The molecule has 0 saturated carbocycles. The maximum atomic E-state index is 11.6. The third kappa shape index (κ3) is 2.95. The molecule has 0 aromatic rings. The molecular formula is C11H20N4O2. The van der Waals surface area contributed by atoms with Crippen LogP contribution in [0.3, 0.4) is 0 Å². The Kier molecular flexibility index (Phi) is 3.63. The van der Waals surface area contributed by atoms with E-state index in [1.54, 1.807) is 0 Å². The standard InChI is InChI=1S/C11H20N4O2/c1-7(16)13-14-11(17)6-15-9-2-3-10(15)5-8(12)4-9/h8-10H,2-6,12H2,1H3,(H,13,16)(H,14,17). The highest BCUT2D eigenvalue weighted by Crippen LogP contribution is 2.34. The van der Waals surface area contributed by atoms with Crippen LogP contribution in [-0.2, 0) is 9.59 Å². The molecule has 6 heteroatoms. The first-order valence-corrected chi connectivity index (χ1v) is 6.13. The molecule has 2 aliphatic rings. The van der Waals surface area contributed by atoms with Crippen molar-refractivity contribution in [1.29, 1.82) is 0 Å². The molecule has 0 spiro atoms. The van der Waals surface area contributed by atoms with Gasteiger partial charge >= 0.3 is 0 Å². The summed E-state index contributed by atoms with van der Waals surface area (Å²) in [6, 6.07) is 1.15. The molecule has 0 aromatic heterocycles. The monoisotopic (exact) mass is 240 g/mol. The van der Waals surface area contributed by atoms with Crippen molar-refractivity contribution < 1.29 is 9.59 Å². The molecule has 0 radical (unpaired) electrons. The van der Waals surface area contributed by atoms with Crippen LogP contribution < -0.4 is 16.6 Å². The van der Waals surface area contributed by atoms with Crippen LogP contribution >= 0.6 is 0 Å². The minimum Gasteiger partial charge on any atom is -0.328 e. The van der Waals surface area contributed by atoms with Crippen molar-refractivity contribution in [3.8, 4) is 0 Å². The number of amides is 2. The van der Waals surface area contributed by atoms with Gasteiger partial charge in [-0.3, -0.25) is 25.3 Å². The summed E-state index contributed by atoms with van der Waals surface area (Å²) in [6.45, 7) is 1.71. The molecule has 2 saturated heterocycles. The molecule has 0 aromatic carbocycles. The lowest BCUT2D eigenvalue weighted by atomic mass is 9.98. The number of nitrogens with one attached hydrogen (secondary N) is 2. The Bertz CT molecular complexity index is 307. The highest BCUT2D eigenvalue weighted by molar-refractivity contribution is 5.82. The van der Waals surface area contributed by atoms with Crippen LogP contribution in [0.15, 0.2) is 0 Å². The topological polar surface area (TPSA) is 87.5 Å². The maximum absolute atomic E-state index is 11.6. The van der Waals surface area contributed by atoms with E-state index in [9.17, 15) is 9.59 Å². The van der Waals surface area contributed by atoms with Gasteiger partial charge in [0.25, 0.3) is 5.91 Å². The van der Waals surface area contributed by atoms with Crippen LogP contribution in [-0.4, -0.2) is 41.4 Å². The van der Waals surface area contributed by atoms with Crippen molar-refractivity contribution in [2.24, 2.45) is 5.73 Å². The van der Waals surface area contributed by atoms with Crippen LogP contribution in [0, 0.1) is 0 Å². The van der Waals surface area contributed by atoms with Crippen LogP contribution in [0.5, 0.6) is 0 Å². The highest BCUT2D eigenvalue weighted by atomic mass is 16.2. The smallest absolute Gasteiger partial charge is 0.252 e. The summed E-state index contributed by atoms with van der Waals surface area (Å²) in [6.07, 6.45) is 4.21. The number of carbonyl (C=O) groups is 2. The van der Waals surface area contributed by atoms with Crippen molar-refractivity contribution in [3.63, 3.8) is 0 Å². The van der Waals surface area contributed by atoms with E-state index in [1.807, 2.05) is 0 Å². The van der Waals surface area contributed by atoms with E-state index >= 15 is 0 Å². The second-order valence-electron chi connectivity index (χ2n) is 5.02. The van der Waals surface area contributed by atoms with E-state index in [1.165, 1.54) is 6.92 Å². The molecule has 4 N–H and O–H groups in total. The minimum absolute atomic E-state index is 0.160. The van der Waals surface area contributed by atoms with Crippen LogP contribution in [0.4, 0.5) is 0 Å². The number of hydrogen-bond acceptors (Lipinski definition) is 4. The Labute approximate surface area is 101 Å². The largest absolute Gasteiger partial charge is 0.328 e. The predicted octanol–water partition coefficient (Wildman–Crippen LogP) is -0.892. The summed E-state index contributed by atoms with van der Waals surface area (Å²) >= 11 is 0. The molecule has 2 amide bonds. The van der Waals surface area contributed by atoms with E-state index in [0.717, 1.165) is 25.7 Å². The molecule has 96 valence electrons. The molecule has 0 aliphatic carbocycles. The van der Waals surface area contributed by atoms with E-state index in [4.69, 9.17) is 5.73 Å². The summed E-state index contributed by atoms with van der Waals surface area (Å²) in [5.74, 6) is -0.422. The van der Waals surface area contributed by atoms with E-state index in [2.05, 4.69) is 15.8 Å². The molecule has 2 heterocycles. The van der Waals surface area contributed by atoms with Gasteiger partial charge in [0.15, 0.2) is 0 Å². The van der Waals surface area contributed by atoms with Crippen molar-refractivity contribution in [1.82, 2.24) is 15.8 Å². The molecule has 17 heavy (non-hydrogen) atoms. The molecule has 6 nitrogen and oxygen atoms in total. The minimum atomic E-state index is -0.262. The quantitative estimate of drug-likeness (QED) is 0.546. The van der Waals surface area contributed by atoms with Gasteiger partial charge in [-0.05, 0) is 25.7 Å². The maximum Gasteiger partial charge on any atom is 0.252 e. The first-order chi connectivity index (χ1) is 8.06. The summed E-state index contributed by atoms with van der Waals surface area (Å²) in [5, 5.41) is 0. The van der Waals surface area contributed by atoms with Crippen molar-refractivity contribution in [3.05, 3.63) is 0 Å². The van der Waals surface area contributed by atoms with Gasteiger partial charge < -0.3 is 5.73 Å². The fraction of sp³-hybridized carbons (Fsp3) is 0.818. The highest BCUT2D eigenvalue weighted by Gasteiger charge is 2.40. The van der Waals surface area contributed by atoms with Gasteiger partial charge in [-0.2, -0.15) is 0 Å². The van der Waals surface area contributed by atoms with Crippen molar-refractivity contribution >= 4 is 11.8 Å². The van der Waals surface area contributed by atoms with Crippen LogP contribution in [0.25, 0.3) is 0 Å². The summed E-state index contributed by atoms with van der Waals surface area (Å²) in [4.78, 5) is 24.5. The first-order valence-electron chi connectivity index (χ1n) is 6.13. The number of hydrazine groups is 1. The average Bonchev–Trinajstić information content (AvgIpc) is 2.49. The second-order valence-corrected chi connectivity index (χ2v) is 5.02. The SMILES string of the molecule is CC(=O)NNC(=O)CN1C2CCC1CC(N)C2. The van der Waals surface area contributed by atoms with Gasteiger partial charge in [-0.15, -0.1) is 0 Å². The van der Waals surface area contributed by atoms with Gasteiger partial charge in [0, 0.05) is 25.0 Å². The Balaban J connectivity index is 1.83. The molecule has 2 rings (SSSR count). The fourth-order valence-electron chi connectivity index (χ4n) is 2.94. The normalized spacial score (nSPS) is 32.2. The number of piperidine rings is 1. The Morgan fingerprint density at radius 1 is 1.24 bits per heavy atom. The number of nitrogens with zero attached hydrogens (tertiary/aromatic N) is 1. The third-order valence-corrected chi connectivity index (χ3v) is 3.62. The Morgan fingerprint density at radius 2 is 1.82 bits per heavy atom. The molecule has 2 bridgehead atoms. The summed E-state index contributed by atoms with van der Waals surface area (Å²) in [5.41, 5.74) is 10.7. The second kappa shape index (κ2) is 5.01. The Morgan fingerprint density at radius 3 is 2.35 bits per heavy atom. The van der Waals surface area contributed by atoms with E-state index in [0.29, 0.717) is 18.6 Å². The van der Waals surface area contributed by atoms with Gasteiger partial charge in [0.05, 0.1) is 6.54 Å². The van der Waals surface area contributed by atoms with E-state index in [-0.39, 0.29) is 17.9 Å². The fourth-order valence-corrected chi connectivity index (χ4v) is 2.94. The predicted molar refractivity (Wildman–Crippen MR) is 62.7 cm³/mol.